The Kier molecular flexibility index (Phi) is 5.37. The van der Waals surface area contributed by atoms with Crippen LogP contribution in [0.15, 0.2) is 48.4 Å². The highest BCUT2D eigenvalue weighted by atomic mass is 32.1. The van der Waals surface area contributed by atoms with Crippen molar-refractivity contribution in [2.45, 2.75) is 33.2 Å². The van der Waals surface area contributed by atoms with Crippen LogP contribution in [0.3, 0.4) is 0 Å². The van der Waals surface area contributed by atoms with Gasteiger partial charge in [0.15, 0.2) is 10.8 Å². The van der Waals surface area contributed by atoms with Crippen LogP contribution < -0.4 is 5.32 Å². The van der Waals surface area contributed by atoms with E-state index in [9.17, 15) is 4.79 Å². The first-order valence-electron chi connectivity index (χ1n) is 8.36. The number of carbonyl (C=O) groups excluding carboxylic acids is 1. The molecule has 0 aliphatic heterocycles. The van der Waals surface area contributed by atoms with Crippen molar-refractivity contribution in [2.75, 3.05) is 0 Å². The molecule has 3 aromatic rings. The molecule has 26 heavy (non-hydrogen) atoms. The van der Waals surface area contributed by atoms with E-state index in [1.165, 1.54) is 11.3 Å². The third-order valence-corrected chi connectivity index (χ3v) is 4.54. The number of nitrogens with zero attached hydrogens (tertiary/aromatic N) is 4. The number of rotatable bonds is 5. The zero-order chi connectivity index (χ0) is 18.6. The first-order valence-corrected chi connectivity index (χ1v) is 9.24. The molecule has 0 fully saturated rings. The van der Waals surface area contributed by atoms with E-state index in [2.05, 4.69) is 46.0 Å². The molecule has 7 heteroatoms. The van der Waals surface area contributed by atoms with Crippen LogP contribution in [0.4, 0.5) is 0 Å². The van der Waals surface area contributed by atoms with E-state index in [0.717, 1.165) is 12.0 Å². The second-order valence-corrected chi connectivity index (χ2v) is 8.05. The van der Waals surface area contributed by atoms with Gasteiger partial charge in [-0.25, -0.2) is 15.0 Å². The lowest BCUT2D eigenvalue weighted by Crippen LogP contribution is -2.31. The van der Waals surface area contributed by atoms with E-state index in [1.807, 2.05) is 12.1 Å². The molecule has 1 atom stereocenters. The normalized spacial score (nSPS) is 12.6. The molecule has 0 spiro atoms. The number of nitrogens with one attached hydrogen (secondary N) is 1. The minimum absolute atomic E-state index is 0.0545. The standard InChI is InChI=1S/C19H21N5OS/c1-19(2,3)10-14(13-6-4-7-20-11-13)23-17(25)15-12-26-18(24-15)16-21-8-5-9-22-16/h4-9,11-12,14H,10H2,1-3H3,(H,23,25)/t14-/m1/s1. The molecule has 0 saturated carbocycles. The lowest BCUT2D eigenvalue weighted by Gasteiger charge is -2.26. The van der Waals surface area contributed by atoms with Gasteiger partial charge in [-0.15, -0.1) is 11.3 Å². The molecule has 6 nitrogen and oxygen atoms in total. The van der Waals surface area contributed by atoms with Gasteiger partial charge < -0.3 is 5.32 Å². The summed E-state index contributed by atoms with van der Waals surface area (Å²) in [6.45, 7) is 6.45. The van der Waals surface area contributed by atoms with Crippen LogP contribution in [-0.4, -0.2) is 25.8 Å². The van der Waals surface area contributed by atoms with Gasteiger partial charge in [0.05, 0.1) is 6.04 Å². The van der Waals surface area contributed by atoms with E-state index in [4.69, 9.17) is 0 Å². The molecule has 0 unspecified atom stereocenters. The summed E-state index contributed by atoms with van der Waals surface area (Å²) in [5.74, 6) is 0.316. The van der Waals surface area contributed by atoms with Crippen LogP contribution in [0.25, 0.3) is 10.8 Å². The van der Waals surface area contributed by atoms with Gasteiger partial charge in [-0.3, -0.25) is 9.78 Å². The predicted molar refractivity (Wildman–Crippen MR) is 102 cm³/mol. The smallest absolute Gasteiger partial charge is 0.271 e. The van der Waals surface area contributed by atoms with Crippen molar-refractivity contribution in [3.63, 3.8) is 0 Å². The Morgan fingerprint density at radius 3 is 2.62 bits per heavy atom. The maximum atomic E-state index is 12.7. The van der Waals surface area contributed by atoms with Gasteiger partial charge in [0.1, 0.15) is 5.69 Å². The van der Waals surface area contributed by atoms with Gasteiger partial charge in [0, 0.05) is 30.2 Å². The molecule has 0 saturated heterocycles. The molecular formula is C19H21N5OS. The topological polar surface area (TPSA) is 80.7 Å². The molecular weight excluding hydrogens is 346 g/mol. The zero-order valence-corrected chi connectivity index (χ0v) is 15.8. The monoisotopic (exact) mass is 367 g/mol. The number of aromatic nitrogens is 4. The van der Waals surface area contributed by atoms with Crippen LogP contribution in [0.5, 0.6) is 0 Å². The summed E-state index contributed by atoms with van der Waals surface area (Å²) >= 11 is 1.36. The maximum Gasteiger partial charge on any atom is 0.271 e. The van der Waals surface area contributed by atoms with Gasteiger partial charge in [0.25, 0.3) is 5.91 Å². The second kappa shape index (κ2) is 7.70. The number of hydrogen-bond acceptors (Lipinski definition) is 6. The number of carbonyl (C=O) groups is 1. The molecule has 0 bridgehead atoms. The van der Waals surface area contributed by atoms with Crippen LogP contribution in [0.1, 0.15) is 49.3 Å². The number of hydrogen-bond donors (Lipinski definition) is 1. The Balaban J connectivity index is 1.79. The fraction of sp³-hybridized carbons (Fsp3) is 0.316. The fourth-order valence-electron chi connectivity index (χ4n) is 2.57. The summed E-state index contributed by atoms with van der Waals surface area (Å²) in [5, 5.41) is 5.46. The van der Waals surface area contributed by atoms with E-state index < -0.39 is 0 Å². The summed E-state index contributed by atoms with van der Waals surface area (Å²) < 4.78 is 0. The number of thiazole rings is 1. The van der Waals surface area contributed by atoms with Crippen LogP contribution in [0, 0.1) is 5.41 Å². The second-order valence-electron chi connectivity index (χ2n) is 7.19. The Bertz CT molecular complexity index is 858. The molecule has 1 amide bonds. The largest absolute Gasteiger partial charge is 0.344 e. The summed E-state index contributed by atoms with van der Waals surface area (Å²) in [5.41, 5.74) is 1.41. The van der Waals surface area contributed by atoms with Crippen molar-refractivity contribution in [3.05, 3.63) is 59.6 Å². The summed E-state index contributed by atoms with van der Waals surface area (Å²) in [4.78, 5) is 29.6. The van der Waals surface area contributed by atoms with Crippen molar-refractivity contribution in [1.82, 2.24) is 25.3 Å². The van der Waals surface area contributed by atoms with Crippen molar-refractivity contribution in [2.24, 2.45) is 5.41 Å². The molecule has 0 aromatic carbocycles. The third-order valence-electron chi connectivity index (χ3n) is 3.70. The van der Waals surface area contributed by atoms with E-state index >= 15 is 0 Å². The quantitative estimate of drug-likeness (QED) is 0.740. The van der Waals surface area contributed by atoms with Crippen LogP contribution >= 0.6 is 11.3 Å². The first-order chi connectivity index (χ1) is 12.4. The molecule has 134 valence electrons. The lowest BCUT2D eigenvalue weighted by atomic mass is 9.86. The summed E-state index contributed by atoms with van der Waals surface area (Å²) in [6.07, 6.45) is 7.63. The third kappa shape index (κ3) is 4.70. The van der Waals surface area contributed by atoms with Gasteiger partial charge in [-0.05, 0) is 29.5 Å². The van der Waals surface area contributed by atoms with Crippen molar-refractivity contribution in [1.29, 1.82) is 0 Å². The van der Waals surface area contributed by atoms with Gasteiger partial charge in [-0.2, -0.15) is 0 Å². The summed E-state index contributed by atoms with van der Waals surface area (Å²) in [6, 6.07) is 5.48. The molecule has 3 heterocycles. The molecule has 3 aromatic heterocycles. The Hall–Kier alpha value is -2.67. The molecule has 3 rings (SSSR count). The van der Waals surface area contributed by atoms with E-state index in [-0.39, 0.29) is 17.4 Å². The average molecular weight is 367 g/mol. The number of amides is 1. The zero-order valence-electron chi connectivity index (χ0n) is 15.0. The highest BCUT2D eigenvalue weighted by Gasteiger charge is 2.24. The highest BCUT2D eigenvalue weighted by Crippen LogP contribution is 2.29. The summed E-state index contributed by atoms with van der Waals surface area (Å²) in [7, 11) is 0. The Labute approximate surface area is 156 Å². The van der Waals surface area contributed by atoms with Gasteiger partial charge >= 0.3 is 0 Å². The van der Waals surface area contributed by atoms with Crippen molar-refractivity contribution < 1.29 is 4.79 Å². The van der Waals surface area contributed by atoms with Crippen molar-refractivity contribution in [3.8, 4) is 10.8 Å². The van der Waals surface area contributed by atoms with Crippen molar-refractivity contribution >= 4 is 17.2 Å². The fourth-order valence-corrected chi connectivity index (χ4v) is 3.31. The molecule has 0 aliphatic rings. The van der Waals surface area contributed by atoms with Gasteiger partial charge in [0.2, 0.25) is 0 Å². The Morgan fingerprint density at radius 2 is 1.96 bits per heavy atom. The minimum Gasteiger partial charge on any atom is -0.344 e. The molecule has 0 radical (unpaired) electrons. The molecule has 0 aliphatic carbocycles. The lowest BCUT2D eigenvalue weighted by molar-refractivity contribution is 0.0922. The van der Waals surface area contributed by atoms with E-state index in [1.54, 1.807) is 36.2 Å². The van der Waals surface area contributed by atoms with Crippen LogP contribution in [0.2, 0.25) is 0 Å². The Morgan fingerprint density at radius 1 is 1.19 bits per heavy atom. The highest BCUT2D eigenvalue weighted by molar-refractivity contribution is 7.13. The van der Waals surface area contributed by atoms with Gasteiger partial charge in [-0.1, -0.05) is 26.8 Å². The predicted octanol–water partition coefficient (Wildman–Crippen LogP) is 3.90. The number of pyridine rings is 1. The minimum atomic E-state index is -0.207. The van der Waals surface area contributed by atoms with E-state index in [0.29, 0.717) is 16.5 Å². The first kappa shape index (κ1) is 18.1. The van der Waals surface area contributed by atoms with Crippen LogP contribution in [-0.2, 0) is 0 Å². The SMILES string of the molecule is CC(C)(C)C[C@@H](NC(=O)c1csc(-c2ncccn2)n1)c1cccnc1. The maximum absolute atomic E-state index is 12.7. The average Bonchev–Trinajstić information content (AvgIpc) is 3.12. The molecule has 1 N–H and O–H groups in total.